The summed E-state index contributed by atoms with van der Waals surface area (Å²) in [7, 11) is -1.49. The summed E-state index contributed by atoms with van der Waals surface area (Å²) >= 11 is 0. The van der Waals surface area contributed by atoms with Gasteiger partial charge in [-0.15, -0.1) is 0 Å². The fraction of sp³-hybridized carbons (Fsp3) is 0.222. The molecule has 0 fully saturated rings. The first kappa shape index (κ1) is 12.5. The first-order valence-electron chi connectivity index (χ1n) is 4.30. The predicted octanol–water partition coefficient (Wildman–Crippen LogP) is 0.316. The highest BCUT2D eigenvalue weighted by Crippen LogP contribution is 2.19. The number of esters is 1. The molecule has 1 N–H and O–H groups in total. The number of para-hydroxylation sites is 1. The molecule has 1 aromatic rings. The topological polar surface area (TPSA) is 81.7 Å². The molecule has 6 nitrogen and oxygen atoms in total. The molecule has 88 valence electrons. The molecule has 0 spiro atoms. The third kappa shape index (κ3) is 2.94. The van der Waals surface area contributed by atoms with Gasteiger partial charge in [0, 0.05) is 7.05 Å². The maximum atomic E-state index is 11.3. The zero-order chi connectivity index (χ0) is 12.2. The van der Waals surface area contributed by atoms with Crippen LogP contribution < -0.4 is 8.91 Å². The Hall–Kier alpha value is -1.60. The van der Waals surface area contributed by atoms with E-state index in [-0.39, 0.29) is 11.3 Å². The van der Waals surface area contributed by atoms with Crippen LogP contribution in [0.2, 0.25) is 0 Å². The molecule has 0 atom stereocenters. The van der Waals surface area contributed by atoms with Gasteiger partial charge in [0.05, 0.1) is 7.11 Å². The minimum Gasteiger partial charge on any atom is -0.465 e. The largest absolute Gasteiger partial charge is 0.465 e. The lowest BCUT2D eigenvalue weighted by Crippen LogP contribution is -2.25. The third-order valence-corrected chi connectivity index (χ3v) is 2.64. The Kier molecular flexibility index (Phi) is 3.86. The standard InChI is InChI=1S/C9H11NO5S/c1-10-16(12,13)15-8-6-4-3-5-7(8)9(11)14-2/h3-6,10H,1-2H3. The quantitative estimate of drug-likeness (QED) is 0.772. The normalized spacial score (nSPS) is 10.9. The molecule has 0 saturated carbocycles. The minimum atomic E-state index is -3.89. The second-order valence-electron chi connectivity index (χ2n) is 2.73. The molecule has 16 heavy (non-hydrogen) atoms. The number of hydrogen-bond acceptors (Lipinski definition) is 5. The van der Waals surface area contributed by atoms with Gasteiger partial charge in [-0.05, 0) is 12.1 Å². The first-order valence-corrected chi connectivity index (χ1v) is 5.71. The number of methoxy groups -OCH3 is 1. The predicted molar refractivity (Wildman–Crippen MR) is 56.4 cm³/mol. The summed E-state index contributed by atoms with van der Waals surface area (Å²) in [5.41, 5.74) is 0.0452. The highest BCUT2D eigenvalue weighted by molar-refractivity contribution is 7.85. The van der Waals surface area contributed by atoms with Crippen LogP contribution in [0.25, 0.3) is 0 Å². The smallest absolute Gasteiger partial charge is 0.382 e. The molecule has 7 heteroatoms. The van der Waals surface area contributed by atoms with Crippen LogP contribution in [-0.2, 0) is 15.0 Å². The summed E-state index contributed by atoms with van der Waals surface area (Å²) < 4.78 is 33.4. The summed E-state index contributed by atoms with van der Waals surface area (Å²) in [5, 5.41) is 0. The van der Waals surface area contributed by atoms with Crippen molar-refractivity contribution in [3.05, 3.63) is 29.8 Å². The summed E-state index contributed by atoms with van der Waals surface area (Å²) in [4.78, 5) is 11.3. The van der Waals surface area contributed by atoms with Crippen molar-refractivity contribution < 1.29 is 22.1 Å². The van der Waals surface area contributed by atoms with Crippen molar-refractivity contribution in [1.29, 1.82) is 0 Å². The molecule has 0 amide bonds. The van der Waals surface area contributed by atoms with E-state index < -0.39 is 16.3 Å². The fourth-order valence-electron chi connectivity index (χ4n) is 0.978. The lowest BCUT2D eigenvalue weighted by Gasteiger charge is -2.08. The Morgan fingerprint density at radius 2 is 1.94 bits per heavy atom. The van der Waals surface area contributed by atoms with Crippen LogP contribution in [0.5, 0.6) is 5.75 Å². The Bertz CT molecular complexity index is 482. The SMILES string of the molecule is CNS(=O)(=O)Oc1ccccc1C(=O)OC. The molecule has 0 aliphatic heterocycles. The van der Waals surface area contributed by atoms with Crippen molar-refractivity contribution in [3.63, 3.8) is 0 Å². The Morgan fingerprint density at radius 3 is 2.50 bits per heavy atom. The zero-order valence-corrected chi connectivity index (χ0v) is 9.58. The van der Waals surface area contributed by atoms with E-state index in [1.807, 2.05) is 4.72 Å². The number of nitrogens with one attached hydrogen (secondary N) is 1. The van der Waals surface area contributed by atoms with Gasteiger partial charge in [0.1, 0.15) is 5.56 Å². The fourth-order valence-corrected chi connectivity index (χ4v) is 1.44. The average molecular weight is 245 g/mol. The number of rotatable bonds is 4. The van der Waals surface area contributed by atoms with Crippen molar-refractivity contribution >= 4 is 16.3 Å². The van der Waals surface area contributed by atoms with Crippen molar-refractivity contribution in [1.82, 2.24) is 4.72 Å². The van der Waals surface area contributed by atoms with Crippen LogP contribution in [0.3, 0.4) is 0 Å². The second kappa shape index (κ2) is 4.95. The summed E-state index contributed by atoms with van der Waals surface area (Å²) in [6, 6.07) is 5.89. The summed E-state index contributed by atoms with van der Waals surface area (Å²) in [6.45, 7) is 0. The van der Waals surface area contributed by atoms with Gasteiger partial charge >= 0.3 is 16.3 Å². The van der Waals surface area contributed by atoms with Crippen LogP contribution in [0.1, 0.15) is 10.4 Å². The molecule has 0 aromatic heterocycles. The van der Waals surface area contributed by atoms with E-state index in [9.17, 15) is 13.2 Å². The summed E-state index contributed by atoms with van der Waals surface area (Å²) in [5.74, 6) is -0.745. The van der Waals surface area contributed by atoms with Crippen molar-refractivity contribution in [2.75, 3.05) is 14.2 Å². The van der Waals surface area contributed by atoms with Gasteiger partial charge in [-0.2, -0.15) is 13.1 Å². The molecular formula is C9H11NO5S. The Balaban J connectivity index is 3.10. The Labute approximate surface area is 93.4 Å². The zero-order valence-electron chi connectivity index (χ0n) is 8.76. The number of carbonyl (C=O) groups is 1. The number of carbonyl (C=O) groups excluding carboxylic acids is 1. The molecular weight excluding hydrogens is 234 g/mol. The van der Waals surface area contributed by atoms with Gasteiger partial charge in [0.15, 0.2) is 5.75 Å². The van der Waals surface area contributed by atoms with Gasteiger partial charge in [-0.25, -0.2) is 4.79 Å². The molecule has 0 aliphatic carbocycles. The maximum absolute atomic E-state index is 11.3. The van der Waals surface area contributed by atoms with Crippen LogP contribution in [-0.4, -0.2) is 28.5 Å². The maximum Gasteiger partial charge on any atom is 0.382 e. The molecule has 0 unspecified atom stereocenters. The van der Waals surface area contributed by atoms with Crippen LogP contribution >= 0.6 is 0 Å². The number of ether oxygens (including phenoxy) is 1. The first-order chi connectivity index (χ1) is 7.50. The highest BCUT2D eigenvalue weighted by atomic mass is 32.2. The molecule has 0 radical (unpaired) electrons. The molecule has 1 rings (SSSR count). The van der Waals surface area contributed by atoms with Gasteiger partial charge < -0.3 is 8.92 Å². The van der Waals surface area contributed by atoms with Gasteiger partial charge in [-0.1, -0.05) is 12.1 Å². The molecule has 0 bridgehead atoms. The van der Waals surface area contributed by atoms with E-state index in [0.717, 1.165) is 0 Å². The van der Waals surface area contributed by atoms with E-state index >= 15 is 0 Å². The highest BCUT2D eigenvalue weighted by Gasteiger charge is 2.17. The minimum absolute atomic E-state index is 0.0452. The lowest BCUT2D eigenvalue weighted by molar-refractivity contribution is 0.0599. The molecule has 0 heterocycles. The van der Waals surface area contributed by atoms with Crippen LogP contribution in [0.4, 0.5) is 0 Å². The van der Waals surface area contributed by atoms with E-state index in [2.05, 4.69) is 8.92 Å². The van der Waals surface area contributed by atoms with E-state index in [0.29, 0.717) is 0 Å². The average Bonchev–Trinajstić information content (AvgIpc) is 2.28. The van der Waals surface area contributed by atoms with Crippen molar-refractivity contribution in [2.24, 2.45) is 0 Å². The van der Waals surface area contributed by atoms with Gasteiger partial charge in [0.25, 0.3) is 0 Å². The third-order valence-electron chi connectivity index (χ3n) is 1.74. The van der Waals surface area contributed by atoms with Gasteiger partial charge in [-0.3, -0.25) is 0 Å². The van der Waals surface area contributed by atoms with E-state index in [4.69, 9.17) is 0 Å². The number of benzene rings is 1. The monoisotopic (exact) mass is 245 g/mol. The Morgan fingerprint density at radius 1 is 1.31 bits per heavy atom. The molecule has 0 saturated heterocycles. The van der Waals surface area contributed by atoms with E-state index in [1.54, 1.807) is 12.1 Å². The van der Waals surface area contributed by atoms with E-state index in [1.165, 1.54) is 26.3 Å². The molecule has 1 aromatic carbocycles. The second-order valence-corrected chi connectivity index (χ2v) is 4.21. The van der Waals surface area contributed by atoms with Crippen LogP contribution in [0.15, 0.2) is 24.3 Å². The van der Waals surface area contributed by atoms with Crippen molar-refractivity contribution in [2.45, 2.75) is 0 Å². The summed E-state index contributed by atoms with van der Waals surface area (Å²) in [6.07, 6.45) is 0. The van der Waals surface area contributed by atoms with Crippen molar-refractivity contribution in [3.8, 4) is 5.75 Å². The molecule has 0 aliphatic rings. The number of hydrogen-bond donors (Lipinski definition) is 1. The van der Waals surface area contributed by atoms with Gasteiger partial charge in [0.2, 0.25) is 0 Å². The van der Waals surface area contributed by atoms with Crippen LogP contribution in [0, 0.1) is 0 Å². The lowest BCUT2D eigenvalue weighted by atomic mass is 10.2.